The molecule has 14 heavy (non-hydrogen) atoms. The van der Waals surface area contributed by atoms with Gasteiger partial charge in [0.05, 0.1) is 0 Å². The molecule has 0 aromatic carbocycles. The van der Waals surface area contributed by atoms with Crippen LogP contribution in [0.15, 0.2) is 0 Å². The lowest BCUT2D eigenvalue weighted by Gasteiger charge is -2.16. The number of carboxylic acids is 3. The van der Waals surface area contributed by atoms with Crippen molar-refractivity contribution in [3.63, 3.8) is 0 Å². The fourth-order valence-electron chi connectivity index (χ4n) is 0.536. The number of carbonyl (C=O) groups excluding carboxylic acids is 1. The van der Waals surface area contributed by atoms with Crippen molar-refractivity contribution >= 4 is 46.7 Å². The minimum absolute atomic E-state index is 0.402. The van der Waals surface area contributed by atoms with Crippen molar-refractivity contribution in [3.8, 4) is 0 Å². The Labute approximate surface area is 86.5 Å². The van der Waals surface area contributed by atoms with Gasteiger partial charge in [0.1, 0.15) is 0 Å². The molecule has 0 aliphatic heterocycles. The maximum atomic E-state index is 10.5. The Morgan fingerprint density at radius 1 is 0.929 bits per heavy atom. The third-order valence-corrected chi connectivity index (χ3v) is 2.42. The molecule has 0 fully saturated rings. The maximum absolute atomic E-state index is 10.5. The molecule has 0 radical (unpaired) electrons. The minimum Gasteiger partial charge on any atom is -0.479 e. The molecular weight excluding hydrogens is 236 g/mol. The van der Waals surface area contributed by atoms with Crippen molar-refractivity contribution in [1.82, 2.24) is 0 Å². The second-order valence-corrected chi connectivity index (χ2v) is 3.86. The fraction of sp³-hybridized carbons (Fsp3) is 0.200. The predicted molar refractivity (Wildman–Crippen MR) is 47.6 cm³/mol. The molecule has 3 N–H and O–H groups in total. The SMILES string of the molecule is O=C(S)SC(C(=O)O)(C(=O)O)C(=O)O. The summed E-state index contributed by atoms with van der Waals surface area (Å²) in [5, 5.41) is 25.3. The van der Waals surface area contributed by atoms with Crippen LogP contribution in [0.1, 0.15) is 0 Å². The Morgan fingerprint density at radius 3 is 1.29 bits per heavy atom. The Hall–Kier alpha value is -1.22. The van der Waals surface area contributed by atoms with Crippen LogP contribution < -0.4 is 0 Å². The molecule has 0 aliphatic carbocycles. The lowest BCUT2D eigenvalue weighted by molar-refractivity contribution is -0.160. The number of thioether (sulfide) groups is 1. The highest BCUT2D eigenvalue weighted by Gasteiger charge is 2.57. The predicted octanol–water partition coefficient (Wildman–Crippen LogP) is -0.238. The first kappa shape index (κ1) is 12.8. The van der Waals surface area contributed by atoms with Crippen LogP contribution in [0.25, 0.3) is 0 Å². The van der Waals surface area contributed by atoms with Crippen LogP contribution in [-0.4, -0.2) is 42.4 Å². The average molecular weight is 240 g/mol. The molecule has 78 valence electrons. The molecule has 0 saturated heterocycles. The van der Waals surface area contributed by atoms with Crippen LogP contribution >= 0.6 is 24.4 Å². The molecule has 0 spiro atoms. The fourth-order valence-corrected chi connectivity index (χ4v) is 1.47. The summed E-state index contributed by atoms with van der Waals surface area (Å²) < 4.78 is -4.45. The van der Waals surface area contributed by atoms with Gasteiger partial charge in [-0.25, -0.2) is 14.4 Å². The third kappa shape index (κ3) is 2.17. The van der Waals surface area contributed by atoms with E-state index in [1.54, 1.807) is 0 Å². The maximum Gasteiger partial charge on any atom is 0.343 e. The molecule has 0 saturated carbocycles. The van der Waals surface area contributed by atoms with Crippen molar-refractivity contribution < 1.29 is 34.5 Å². The summed E-state index contributed by atoms with van der Waals surface area (Å²) in [6.45, 7) is 0. The van der Waals surface area contributed by atoms with Gasteiger partial charge in [-0.2, -0.15) is 0 Å². The lowest BCUT2D eigenvalue weighted by atomic mass is 10.1. The smallest absolute Gasteiger partial charge is 0.343 e. The van der Waals surface area contributed by atoms with Crippen molar-refractivity contribution in [2.75, 3.05) is 0 Å². The van der Waals surface area contributed by atoms with E-state index in [2.05, 4.69) is 12.6 Å². The molecule has 7 nitrogen and oxygen atoms in total. The topological polar surface area (TPSA) is 129 Å². The van der Waals surface area contributed by atoms with Crippen LogP contribution in [0.4, 0.5) is 4.79 Å². The first-order chi connectivity index (χ1) is 6.25. The van der Waals surface area contributed by atoms with E-state index in [0.29, 0.717) is 0 Å². The van der Waals surface area contributed by atoms with E-state index in [4.69, 9.17) is 15.3 Å². The Morgan fingerprint density at radius 2 is 1.21 bits per heavy atom. The largest absolute Gasteiger partial charge is 0.479 e. The van der Waals surface area contributed by atoms with Crippen LogP contribution in [0.5, 0.6) is 0 Å². The highest BCUT2D eigenvalue weighted by atomic mass is 32.2. The molecule has 0 aromatic heterocycles. The second kappa shape index (κ2) is 4.33. The highest BCUT2D eigenvalue weighted by molar-refractivity contribution is 8.33. The number of hydrogen-bond acceptors (Lipinski definition) is 5. The van der Waals surface area contributed by atoms with Gasteiger partial charge in [-0.15, -0.1) is 0 Å². The molecule has 0 amide bonds. The summed E-state index contributed by atoms with van der Waals surface area (Å²) in [5.41, 5.74) is 0. The van der Waals surface area contributed by atoms with E-state index in [1.165, 1.54) is 0 Å². The first-order valence-electron chi connectivity index (χ1n) is 2.87. The van der Waals surface area contributed by atoms with Gasteiger partial charge >= 0.3 is 22.7 Å². The molecule has 0 unspecified atom stereocenters. The van der Waals surface area contributed by atoms with Gasteiger partial charge in [0.25, 0.3) is 0 Å². The van der Waals surface area contributed by atoms with Gasteiger partial charge in [-0.3, -0.25) is 4.79 Å². The molecule has 9 heteroatoms. The quantitative estimate of drug-likeness (QED) is 0.391. The van der Waals surface area contributed by atoms with Gasteiger partial charge < -0.3 is 15.3 Å². The average Bonchev–Trinajstić information content (AvgIpc) is 1.97. The second-order valence-electron chi connectivity index (χ2n) is 1.96. The van der Waals surface area contributed by atoms with E-state index in [-0.39, 0.29) is 0 Å². The lowest BCUT2D eigenvalue weighted by Crippen LogP contribution is -2.51. The number of thiol groups is 1. The number of rotatable bonds is 4. The molecule has 0 rings (SSSR count). The monoisotopic (exact) mass is 240 g/mol. The Kier molecular flexibility index (Phi) is 3.95. The zero-order valence-corrected chi connectivity index (χ0v) is 8.04. The van der Waals surface area contributed by atoms with Gasteiger partial charge in [0.15, 0.2) is 0 Å². The molecule has 0 aliphatic rings. The summed E-state index contributed by atoms with van der Waals surface area (Å²) in [4.78, 5) is 41.8. The number of carboxylic acid groups (broad SMARTS) is 3. The highest BCUT2D eigenvalue weighted by Crippen LogP contribution is 2.29. The van der Waals surface area contributed by atoms with Crippen molar-refractivity contribution in [2.24, 2.45) is 0 Å². The van der Waals surface area contributed by atoms with Gasteiger partial charge in [0.2, 0.25) is 4.45 Å². The minimum atomic E-state index is -3.24. The first-order valence-corrected chi connectivity index (χ1v) is 4.13. The van der Waals surface area contributed by atoms with E-state index in [0.717, 1.165) is 0 Å². The van der Waals surface area contributed by atoms with Gasteiger partial charge in [0, 0.05) is 0 Å². The standard InChI is InChI=1S/C5H4O7S2/c6-1(7)5(2(8)9,3(10)11)14-4(12)13/h(H,6,7)(H,8,9)(H,10,11)(H,12,13). The van der Waals surface area contributed by atoms with E-state index in [9.17, 15) is 19.2 Å². The molecule has 0 heterocycles. The van der Waals surface area contributed by atoms with Crippen molar-refractivity contribution in [3.05, 3.63) is 0 Å². The van der Waals surface area contributed by atoms with Crippen LogP contribution in [0.3, 0.4) is 0 Å². The Balaban J connectivity index is 5.38. The van der Waals surface area contributed by atoms with E-state index >= 15 is 0 Å². The van der Waals surface area contributed by atoms with Crippen molar-refractivity contribution in [2.45, 2.75) is 4.75 Å². The molecule has 0 aromatic rings. The zero-order valence-electron chi connectivity index (χ0n) is 6.33. The number of aliphatic carboxylic acids is 3. The summed E-state index contributed by atoms with van der Waals surface area (Å²) in [7, 11) is 0. The summed E-state index contributed by atoms with van der Waals surface area (Å²) >= 11 is 2.71. The molecule has 0 bridgehead atoms. The third-order valence-electron chi connectivity index (χ3n) is 1.14. The van der Waals surface area contributed by atoms with Gasteiger partial charge in [-0.1, -0.05) is 12.6 Å². The normalized spacial score (nSPS) is 10.6. The number of carbonyl (C=O) groups is 4. The van der Waals surface area contributed by atoms with Crippen LogP contribution in [0.2, 0.25) is 0 Å². The molecule has 0 atom stereocenters. The van der Waals surface area contributed by atoms with E-state index in [1.807, 2.05) is 0 Å². The summed E-state index contributed by atoms with van der Waals surface area (Å²) in [6.07, 6.45) is 0. The Bertz CT molecular complexity index is 273. The summed E-state index contributed by atoms with van der Waals surface area (Å²) in [6, 6.07) is 0. The van der Waals surface area contributed by atoms with Crippen LogP contribution in [0, 0.1) is 0 Å². The molecular formula is C5H4O7S2. The van der Waals surface area contributed by atoms with Crippen LogP contribution in [-0.2, 0) is 14.4 Å². The van der Waals surface area contributed by atoms with E-state index < -0.39 is 38.9 Å². The van der Waals surface area contributed by atoms with Gasteiger partial charge in [-0.05, 0) is 11.8 Å². The summed E-state index contributed by atoms with van der Waals surface area (Å²) in [5.74, 6) is -6.44. The van der Waals surface area contributed by atoms with Crippen molar-refractivity contribution in [1.29, 1.82) is 0 Å². The number of hydrogen-bond donors (Lipinski definition) is 4. The zero-order chi connectivity index (χ0) is 11.5.